The van der Waals surface area contributed by atoms with Crippen LogP contribution in [0.5, 0.6) is 0 Å². The molecule has 0 aliphatic carbocycles. The number of anilines is 1. The monoisotopic (exact) mass is 297 g/mol. The normalized spacial score (nSPS) is 10.1. The Morgan fingerprint density at radius 2 is 1.77 bits per heavy atom. The van der Waals surface area contributed by atoms with Crippen LogP contribution in [0.1, 0.15) is 23.6 Å². The number of aryl methyl sites for hydroxylation is 1. The molecule has 0 bridgehead atoms. The van der Waals surface area contributed by atoms with Gasteiger partial charge in [-0.2, -0.15) is 0 Å². The van der Waals surface area contributed by atoms with Gasteiger partial charge in [0.25, 0.3) is 0 Å². The maximum Gasteiger partial charge on any atom is 0.310 e. The molecular formula is C18H19NO3. The molecule has 2 aromatic rings. The van der Waals surface area contributed by atoms with Gasteiger partial charge in [0.15, 0.2) is 0 Å². The Morgan fingerprint density at radius 1 is 1.05 bits per heavy atom. The Balaban J connectivity index is 1.85. The number of nitrogens with one attached hydrogen (secondary N) is 1. The van der Waals surface area contributed by atoms with E-state index in [2.05, 4.69) is 5.32 Å². The van der Waals surface area contributed by atoms with Gasteiger partial charge < -0.3 is 10.1 Å². The standard InChI is InChI=1S/C18H19NO3/c1-13-4-3-5-16(10-13)12-22-18(21)11-15-6-8-17(9-7-15)19-14(2)20/h3-10H,11-12H2,1-2H3,(H,19,20). The van der Waals surface area contributed by atoms with E-state index in [-0.39, 0.29) is 24.9 Å². The molecule has 0 spiro atoms. The number of hydrogen-bond donors (Lipinski definition) is 1. The summed E-state index contributed by atoms with van der Waals surface area (Å²) in [5, 5.41) is 2.68. The lowest BCUT2D eigenvalue weighted by molar-refractivity contribution is -0.144. The van der Waals surface area contributed by atoms with Crippen LogP contribution in [0.3, 0.4) is 0 Å². The lowest BCUT2D eigenvalue weighted by Gasteiger charge is -2.07. The molecule has 22 heavy (non-hydrogen) atoms. The van der Waals surface area contributed by atoms with Crippen molar-refractivity contribution in [1.82, 2.24) is 0 Å². The molecule has 0 saturated heterocycles. The molecule has 0 atom stereocenters. The van der Waals surface area contributed by atoms with Crippen LogP contribution in [0.4, 0.5) is 5.69 Å². The first-order chi connectivity index (χ1) is 10.5. The molecule has 4 heteroatoms. The second kappa shape index (κ2) is 7.41. The minimum Gasteiger partial charge on any atom is -0.461 e. The molecule has 0 heterocycles. The molecule has 0 aromatic heterocycles. The molecule has 0 aliphatic rings. The Hall–Kier alpha value is -2.62. The molecule has 0 unspecified atom stereocenters. The van der Waals surface area contributed by atoms with E-state index < -0.39 is 0 Å². The average molecular weight is 297 g/mol. The Labute approximate surface area is 130 Å². The molecule has 1 N–H and O–H groups in total. The summed E-state index contributed by atoms with van der Waals surface area (Å²) in [7, 11) is 0. The van der Waals surface area contributed by atoms with Gasteiger partial charge in [-0.05, 0) is 30.2 Å². The summed E-state index contributed by atoms with van der Waals surface area (Å²) in [4.78, 5) is 22.8. The first-order valence-electron chi connectivity index (χ1n) is 7.10. The van der Waals surface area contributed by atoms with Crippen molar-refractivity contribution in [1.29, 1.82) is 0 Å². The minimum absolute atomic E-state index is 0.120. The molecule has 2 aromatic carbocycles. The second-order valence-electron chi connectivity index (χ2n) is 5.20. The molecule has 1 amide bonds. The molecular weight excluding hydrogens is 278 g/mol. The highest BCUT2D eigenvalue weighted by Crippen LogP contribution is 2.11. The van der Waals surface area contributed by atoms with Crippen LogP contribution < -0.4 is 5.32 Å². The molecule has 114 valence electrons. The predicted octanol–water partition coefficient (Wildman–Crippen LogP) is 3.24. The fourth-order valence-corrected chi connectivity index (χ4v) is 2.09. The van der Waals surface area contributed by atoms with Gasteiger partial charge in [-0.3, -0.25) is 9.59 Å². The Kier molecular flexibility index (Phi) is 5.31. The smallest absolute Gasteiger partial charge is 0.310 e. The lowest BCUT2D eigenvalue weighted by atomic mass is 10.1. The summed E-state index contributed by atoms with van der Waals surface area (Å²) < 4.78 is 5.27. The highest BCUT2D eigenvalue weighted by atomic mass is 16.5. The fourth-order valence-electron chi connectivity index (χ4n) is 2.09. The maximum atomic E-state index is 11.8. The summed E-state index contributed by atoms with van der Waals surface area (Å²) in [6.07, 6.45) is 0.214. The largest absolute Gasteiger partial charge is 0.461 e. The van der Waals surface area contributed by atoms with E-state index in [9.17, 15) is 9.59 Å². The Morgan fingerprint density at radius 3 is 2.41 bits per heavy atom. The minimum atomic E-state index is -0.270. The van der Waals surface area contributed by atoms with E-state index in [4.69, 9.17) is 4.74 Å². The summed E-state index contributed by atoms with van der Waals surface area (Å²) in [6.45, 7) is 3.74. The van der Waals surface area contributed by atoms with Crippen LogP contribution in [0.15, 0.2) is 48.5 Å². The predicted molar refractivity (Wildman–Crippen MR) is 85.4 cm³/mol. The van der Waals surface area contributed by atoms with Gasteiger partial charge in [-0.25, -0.2) is 0 Å². The second-order valence-corrected chi connectivity index (χ2v) is 5.20. The zero-order valence-electron chi connectivity index (χ0n) is 12.8. The molecule has 2 rings (SSSR count). The van der Waals surface area contributed by atoms with Crippen molar-refractivity contribution in [2.75, 3.05) is 5.32 Å². The highest BCUT2D eigenvalue weighted by molar-refractivity contribution is 5.88. The molecule has 0 aliphatic heterocycles. The summed E-state index contributed by atoms with van der Waals surface area (Å²) >= 11 is 0. The van der Waals surface area contributed by atoms with Crippen LogP contribution in [-0.4, -0.2) is 11.9 Å². The quantitative estimate of drug-likeness (QED) is 0.862. The van der Waals surface area contributed by atoms with Crippen LogP contribution in [0.2, 0.25) is 0 Å². The van der Waals surface area contributed by atoms with E-state index >= 15 is 0 Å². The highest BCUT2D eigenvalue weighted by Gasteiger charge is 2.06. The van der Waals surface area contributed by atoms with E-state index in [1.165, 1.54) is 6.92 Å². The third-order valence-corrected chi connectivity index (χ3v) is 3.11. The number of benzene rings is 2. The number of carbonyl (C=O) groups excluding carboxylic acids is 2. The van der Waals surface area contributed by atoms with Crippen LogP contribution in [0, 0.1) is 6.92 Å². The van der Waals surface area contributed by atoms with E-state index in [0.717, 1.165) is 16.7 Å². The summed E-state index contributed by atoms with van der Waals surface area (Å²) in [6, 6.07) is 15.0. The number of carbonyl (C=O) groups is 2. The third-order valence-electron chi connectivity index (χ3n) is 3.11. The van der Waals surface area contributed by atoms with Gasteiger partial charge in [0.1, 0.15) is 6.61 Å². The van der Waals surface area contributed by atoms with Crippen LogP contribution >= 0.6 is 0 Å². The Bertz CT molecular complexity index is 662. The van der Waals surface area contributed by atoms with Gasteiger partial charge in [0.05, 0.1) is 6.42 Å². The van der Waals surface area contributed by atoms with E-state index in [0.29, 0.717) is 5.69 Å². The van der Waals surface area contributed by atoms with Crippen LogP contribution in [-0.2, 0) is 27.4 Å². The van der Waals surface area contributed by atoms with E-state index in [1.807, 2.05) is 31.2 Å². The molecule has 0 radical (unpaired) electrons. The van der Waals surface area contributed by atoms with Crippen molar-refractivity contribution >= 4 is 17.6 Å². The van der Waals surface area contributed by atoms with Crippen molar-refractivity contribution in [3.63, 3.8) is 0 Å². The van der Waals surface area contributed by atoms with Crippen molar-refractivity contribution in [3.05, 3.63) is 65.2 Å². The maximum absolute atomic E-state index is 11.8. The number of esters is 1. The molecule has 0 saturated carbocycles. The third kappa shape index (κ3) is 5.05. The topological polar surface area (TPSA) is 55.4 Å². The van der Waals surface area contributed by atoms with Crippen molar-refractivity contribution in [2.24, 2.45) is 0 Å². The summed E-state index contributed by atoms with van der Waals surface area (Å²) in [5.74, 6) is -0.390. The number of hydrogen-bond acceptors (Lipinski definition) is 3. The number of amides is 1. The number of rotatable bonds is 5. The lowest BCUT2D eigenvalue weighted by Crippen LogP contribution is -2.09. The van der Waals surface area contributed by atoms with Crippen molar-refractivity contribution in [3.8, 4) is 0 Å². The van der Waals surface area contributed by atoms with Gasteiger partial charge in [-0.15, -0.1) is 0 Å². The van der Waals surface area contributed by atoms with Gasteiger partial charge in [0.2, 0.25) is 5.91 Å². The van der Waals surface area contributed by atoms with Crippen molar-refractivity contribution < 1.29 is 14.3 Å². The zero-order chi connectivity index (χ0) is 15.9. The van der Waals surface area contributed by atoms with Gasteiger partial charge >= 0.3 is 5.97 Å². The van der Waals surface area contributed by atoms with Crippen molar-refractivity contribution in [2.45, 2.75) is 26.9 Å². The van der Waals surface area contributed by atoms with Gasteiger partial charge in [0, 0.05) is 12.6 Å². The summed E-state index contributed by atoms with van der Waals surface area (Å²) in [5.41, 5.74) is 3.68. The van der Waals surface area contributed by atoms with E-state index in [1.54, 1.807) is 24.3 Å². The average Bonchev–Trinajstić information content (AvgIpc) is 2.47. The molecule has 0 fully saturated rings. The molecule has 4 nitrogen and oxygen atoms in total. The SMILES string of the molecule is CC(=O)Nc1ccc(CC(=O)OCc2cccc(C)c2)cc1. The zero-order valence-corrected chi connectivity index (χ0v) is 12.8. The fraction of sp³-hybridized carbons (Fsp3) is 0.222. The number of ether oxygens (including phenoxy) is 1. The first kappa shape index (κ1) is 15.8. The van der Waals surface area contributed by atoms with Crippen LogP contribution in [0.25, 0.3) is 0 Å². The van der Waals surface area contributed by atoms with Gasteiger partial charge in [-0.1, -0.05) is 42.0 Å². The first-order valence-corrected chi connectivity index (χ1v) is 7.10.